The lowest BCUT2D eigenvalue weighted by molar-refractivity contribution is 0.463. The summed E-state index contributed by atoms with van der Waals surface area (Å²) in [7, 11) is 0.987. The molecule has 0 aliphatic carbocycles. The van der Waals surface area contributed by atoms with E-state index in [1.807, 2.05) is 0 Å². The molecule has 0 saturated heterocycles. The summed E-state index contributed by atoms with van der Waals surface area (Å²) in [5, 5.41) is -0.625. The van der Waals surface area contributed by atoms with E-state index in [-0.39, 0.29) is 11.1 Å². The van der Waals surface area contributed by atoms with Crippen molar-refractivity contribution in [3.63, 3.8) is 0 Å². The van der Waals surface area contributed by atoms with Crippen molar-refractivity contribution in [1.82, 2.24) is 4.98 Å². The van der Waals surface area contributed by atoms with Gasteiger partial charge in [0, 0.05) is 16.7 Å². The molecule has 2 rings (SSSR count). The number of hydrogen-bond donors (Lipinski definition) is 0. The van der Waals surface area contributed by atoms with E-state index in [2.05, 4.69) is 4.98 Å². The fraction of sp³-hybridized carbons (Fsp3) is 0. The van der Waals surface area contributed by atoms with Crippen molar-refractivity contribution < 1.29 is 17.2 Å². The molecule has 0 fully saturated rings. The number of halogens is 2. The van der Waals surface area contributed by atoms with Crippen molar-refractivity contribution in [2.45, 2.75) is 5.22 Å². The predicted octanol–water partition coefficient (Wildman–Crippen LogP) is 1.89. The molecule has 14 heavy (non-hydrogen) atoms. The fourth-order valence-electron chi connectivity index (χ4n) is 0.982. The standard InChI is InChI=1S/C7H3ClFNO3S/c8-14(11,12)7-10-5-2-1-4(9)3-6(5)13-7/h1-3H. The lowest BCUT2D eigenvalue weighted by Crippen LogP contribution is -1.88. The molecular formula is C7H3ClFNO3S. The molecule has 4 nitrogen and oxygen atoms in total. The molecule has 1 aromatic heterocycles. The van der Waals surface area contributed by atoms with Gasteiger partial charge in [-0.2, -0.15) is 4.98 Å². The van der Waals surface area contributed by atoms with Crippen LogP contribution in [0.2, 0.25) is 0 Å². The zero-order valence-electron chi connectivity index (χ0n) is 6.57. The Balaban J connectivity index is 2.75. The molecule has 0 radical (unpaired) electrons. The average Bonchev–Trinajstić information content (AvgIpc) is 2.45. The molecule has 0 atom stereocenters. The Labute approximate surface area is 82.7 Å². The summed E-state index contributed by atoms with van der Waals surface area (Å²) in [6.45, 7) is 0. The van der Waals surface area contributed by atoms with Gasteiger partial charge >= 0.3 is 14.3 Å². The Hall–Kier alpha value is -1.14. The summed E-state index contributed by atoms with van der Waals surface area (Å²) in [5.41, 5.74) is 0.287. The topological polar surface area (TPSA) is 60.2 Å². The van der Waals surface area contributed by atoms with E-state index in [9.17, 15) is 12.8 Å². The van der Waals surface area contributed by atoms with Gasteiger partial charge in [-0.3, -0.25) is 0 Å². The maximum atomic E-state index is 12.7. The molecule has 2 aromatic rings. The van der Waals surface area contributed by atoms with Gasteiger partial charge in [0.25, 0.3) is 0 Å². The van der Waals surface area contributed by atoms with Crippen LogP contribution in [0.25, 0.3) is 11.1 Å². The summed E-state index contributed by atoms with van der Waals surface area (Å²) in [6.07, 6.45) is 0. The van der Waals surface area contributed by atoms with Gasteiger partial charge in [-0.15, -0.1) is 0 Å². The molecule has 0 N–H and O–H groups in total. The Morgan fingerprint density at radius 2 is 2.14 bits per heavy atom. The Morgan fingerprint density at radius 1 is 1.43 bits per heavy atom. The zero-order valence-corrected chi connectivity index (χ0v) is 8.14. The number of rotatable bonds is 1. The molecule has 74 valence electrons. The van der Waals surface area contributed by atoms with Crippen LogP contribution in [-0.2, 0) is 9.05 Å². The smallest absolute Gasteiger partial charge is 0.332 e. The summed E-state index contributed by atoms with van der Waals surface area (Å²) in [4.78, 5) is 3.57. The largest absolute Gasteiger partial charge is 0.427 e. The van der Waals surface area contributed by atoms with Gasteiger partial charge < -0.3 is 4.42 Å². The Kier molecular flexibility index (Phi) is 1.97. The summed E-state index contributed by atoms with van der Waals surface area (Å²) in [5.74, 6) is -0.535. The van der Waals surface area contributed by atoms with Crippen molar-refractivity contribution in [2.24, 2.45) is 0 Å². The molecule has 0 spiro atoms. The quantitative estimate of drug-likeness (QED) is 0.709. The van der Waals surface area contributed by atoms with E-state index < -0.39 is 20.1 Å². The van der Waals surface area contributed by atoms with Crippen molar-refractivity contribution in [1.29, 1.82) is 0 Å². The number of oxazole rings is 1. The third-order valence-corrected chi connectivity index (χ3v) is 2.53. The first-order chi connectivity index (χ1) is 6.47. The first-order valence-electron chi connectivity index (χ1n) is 3.47. The first-order valence-corrected chi connectivity index (χ1v) is 5.78. The monoisotopic (exact) mass is 235 g/mol. The highest BCUT2D eigenvalue weighted by Gasteiger charge is 2.18. The van der Waals surface area contributed by atoms with Crippen LogP contribution in [0.1, 0.15) is 0 Å². The van der Waals surface area contributed by atoms with Crippen LogP contribution >= 0.6 is 10.7 Å². The van der Waals surface area contributed by atoms with Crippen LogP contribution in [0.4, 0.5) is 4.39 Å². The third-order valence-electron chi connectivity index (χ3n) is 1.54. The lowest BCUT2D eigenvalue weighted by atomic mass is 10.3. The molecule has 1 aromatic carbocycles. The van der Waals surface area contributed by atoms with E-state index in [0.717, 1.165) is 12.1 Å². The van der Waals surface area contributed by atoms with Gasteiger partial charge in [-0.05, 0) is 12.1 Å². The van der Waals surface area contributed by atoms with Gasteiger partial charge in [-0.25, -0.2) is 12.8 Å². The Morgan fingerprint density at radius 3 is 2.79 bits per heavy atom. The van der Waals surface area contributed by atoms with Crippen LogP contribution in [-0.4, -0.2) is 13.4 Å². The van der Waals surface area contributed by atoms with Gasteiger partial charge in [-0.1, -0.05) is 0 Å². The van der Waals surface area contributed by atoms with Gasteiger partial charge in [0.05, 0.1) is 0 Å². The highest BCUT2D eigenvalue weighted by molar-refractivity contribution is 8.13. The summed E-state index contributed by atoms with van der Waals surface area (Å²) < 4.78 is 39.0. The first kappa shape index (κ1) is 9.42. The second-order valence-corrected chi connectivity index (χ2v) is 4.97. The number of aromatic nitrogens is 1. The third kappa shape index (κ3) is 1.58. The van der Waals surface area contributed by atoms with E-state index in [1.165, 1.54) is 6.07 Å². The minimum atomic E-state index is -4.01. The van der Waals surface area contributed by atoms with E-state index in [4.69, 9.17) is 15.1 Å². The molecule has 1 heterocycles. The van der Waals surface area contributed by atoms with Crippen molar-refractivity contribution in [3.05, 3.63) is 24.0 Å². The molecule has 0 saturated carbocycles. The van der Waals surface area contributed by atoms with Gasteiger partial charge in [0.15, 0.2) is 5.58 Å². The number of benzene rings is 1. The van der Waals surface area contributed by atoms with Crippen LogP contribution in [0.15, 0.2) is 27.8 Å². The molecule has 0 amide bonds. The second-order valence-electron chi connectivity index (χ2n) is 2.53. The maximum absolute atomic E-state index is 12.7. The van der Waals surface area contributed by atoms with Crippen molar-refractivity contribution >= 4 is 30.8 Å². The van der Waals surface area contributed by atoms with Crippen LogP contribution in [0.3, 0.4) is 0 Å². The average molecular weight is 236 g/mol. The minimum Gasteiger partial charge on any atom is -0.427 e. The second kappa shape index (κ2) is 2.93. The summed E-state index contributed by atoms with van der Waals surface area (Å²) in [6, 6.07) is 3.49. The van der Waals surface area contributed by atoms with E-state index >= 15 is 0 Å². The predicted molar refractivity (Wildman–Crippen MR) is 47.0 cm³/mol. The molecular weight excluding hydrogens is 233 g/mol. The number of hydrogen-bond acceptors (Lipinski definition) is 4. The van der Waals surface area contributed by atoms with Crippen molar-refractivity contribution in [3.8, 4) is 0 Å². The Bertz CT molecular complexity index is 592. The number of fused-ring (bicyclic) bond motifs is 1. The van der Waals surface area contributed by atoms with Crippen LogP contribution in [0.5, 0.6) is 0 Å². The highest BCUT2D eigenvalue weighted by atomic mass is 35.7. The fourth-order valence-corrected chi connectivity index (χ4v) is 1.58. The molecule has 0 unspecified atom stereocenters. The van der Waals surface area contributed by atoms with Crippen molar-refractivity contribution in [2.75, 3.05) is 0 Å². The lowest BCUT2D eigenvalue weighted by Gasteiger charge is -1.84. The maximum Gasteiger partial charge on any atom is 0.332 e. The molecule has 0 bridgehead atoms. The van der Waals surface area contributed by atoms with Crippen LogP contribution in [0, 0.1) is 5.82 Å². The highest BCUT2D eigenvalue weighted by Crippen LogP contribution is 2.21. The summed E-state index contributed by atoms with van der Waals surface area (Å²) >= 11 is 0. The van der Waals surface area contributed by atoms with Crippen LogP contribution < -0.4 is 0 Å². The molecule has 7 heteroatoms. The van der Waals surface area contributed by atoms with Gasteiger partial charge in [0.1, 0.15) is 11.3 Å². The van der Waals surface area contributed by atoms with Gasteiger partial charge in [0.2, 0.25) is 0 Å². The zero-order chi connectivity index (χ0) is 10.3. The normalized spacial score (nSPS) is 12.1. The van der Waals surface area contributed by atoms with E-state index in [1.54, 1.807) is 0 Å². The van der Waals surface area contributed by atoms with E-state index in [0.29, 0.717) is 0 Å². The molecule has 0 aliphatic heterocycles. The SMILES string of the molecule is O=S(=O)(Cl)c1nc2ccc(F)cc2o1. The minimum absolute atomic E-state index is 0.0456. The number of nitrogens with zero attached hydrogens (tertiary/aromatic N) is 1. The molecule has 0 aliphatic rings.